The average molecular weight is 239 g/mol. The van der Waals surface area contributed by atoms with Crippen LogP contribution in [-0.2, 0) is 11.3 Å². The Morgan fingerprint density at radius 2 is 2.29 bits per heavy atom. The summed E-state index contributed by atoms with van der Waals surface area (Å²) < 4.78 is 10.2. The molecule has 17 heavy (non-hydrogen) atoms. The zero-order chi connectivity index (χ0) is 12.8. The first-order valence-corrected chi connectivity index (χ1v) is 5.99. The molecule has 0 aliphatic heterocycles. The molecular formula is C13H21NO3. The van der Waals surface area contributed by atoms with Gasteiger partial charge in [-0.25, -0.2) is 4.79 Å². The number of ether oxygens (including phenoxy) is 1. The van der Waals surface area contributed by atoms with Gasteiger partial charge in [0.25, 0.3) is 0 Å². The van der Waals surface area contributed by atoms with Crippen molar-refractivity contribution in [2.24, 2.45) is 0 Å². The predicted octanol–water partition coefficient (Wildman–Crippen LogP) is 2.65. The van der Waals surface area contributed by atoms with Crippen molar-refractivity contribution in [3.8, 4) is 0 Å². The zero-order valence-corrected chi connectivity index (χ0v) is 11.0. The van der Waals surface area contributed by atoms with Gasteiger partial charge < -0.3 is 14.5 Å². The summed E-state index contributed by atoms with van der Waals surface area (Å²) in [4.78, 5) is 11.4. The van der Waals surface area contributed by atoms with Crippen LogP contribution < -0.4 is 5.32 Å². The molecule has 1 unspecified atom stereocenters. The van der Waals surface area contributed by atoms with E-state index in [1.165, 1.54) is 7.11 Å². The summed E-state index contributed by atoms with van der Waals surface area (Å²) >= 11 is 0. The molecule has 1 aromatic heterocycles. The lowest BCUT2D eigenvalue weighted by Gasteiger charge is -2.10. The van der Waals surface area contributed by atoms with Crippen molar-refractivity contribution in [3.05, 3.63) is 23.2 Å². The van der Waals surface area contributed by atoms with Gasteiger partial charge in [-0.1, -0.05) is 13.3 Å². The van der Waals surface area contributed by atoms with Crippen LogP contribution in [0, 0.1) is 6.92 Å². The highest BCUT2D eigenvalue weighted by Gasteiger charge is 2.15. The fourth-order valence-corrected chi connectivity index (χ4v) is 1.75. The molecule has 1 aromatic rings. The second-order valence-corrected chi connectivity index (χ2v) is 4.24. The molecule has 4 heteroatoms. The van der Waals surface area contributed by atoms with E-state index in [1.807, 2.05) is 0 Å². The van der Waals surface area contributed by atoms with Crippen molar-refractivity contribution < 1.29 is 13.9 Å². The van der Waals surface area contributed by atoms with Crippen molar-refractivity contribution >= 4 is 5.97 Å². The summed E-state index contributed by atoms with van der Waals surface area (Å²) in [6.45, 7) is 6.70. The molecule has 1 heterocycles. The Balaban J connectivity index is 2.58. The van der Waals surface area contributed by atoms with Gasteiger partial charge in [0.1, 0.15) is 17.1 Å². The van der Waals surface area contributed by atoms with Crippen LogP contribution >= 0.6 is 0 Å². The number of carbonyl (C=O) groups excluding carboxylic acids is 1. The smallest absolute Gasteiger partial charge is 0.341 e. The molecule has 0 radical (unpaired) electrons. The van der Waals surface area contributed by atoms with Crippen molar-refractivity contribution in [3.63, 3.8) is 0 Å². The van der Waals surface area contributed by atoms with Crippen LogP contribution in [0.2, 0.25) is 0 Å². The first-order valence-electron chi connectivity index (χ1n) is 5.99. The third-order valence-electron chi connectivity index (χ3n) is 2.72. The Labute approximate surface area is 102 Å². The second kappa shape index (κ2) is 6.45. The Hall–Kier alpha value is -1.29. The van der Waals surface area contributed by atoms with E-state index in [9.17, 15) is 4.79 Å². The van der Waals surface area contributed by atoms with Crippen molar-refractivity contribution in [1.29, 1.82) is 0 Å². The maximum Gasteiger partial charge on any atom is 0.341 e. The maximum atomic E-state index is 11.4. The summed E-state index contributed by atoms with van der Waals surface area (Å²) in [5.41, 5.74) is 0.507. The molecule has 1 rings (SSSR count). The number of carbonyl (C=O) groups is 1. The lowest BCUT2D eigenvalue weighted by molar-refractivity contribution is 0.0599. The number of methoxy groups -OCH3 is 1. The lowest BCUT2D eigenvalue weighted by Crippen LogP contribution is -2.24. The van der Waals surface area contributed by atoms with Gasteiger partial charge in [0.05, 0.1) is 13.7 Å². The van der Waals surface area contributed by atoms with E-state index < -0.39 is 0 Å². The molecule has 0 aliphatic carbocycles. The highest BCUT2D eigenvalue weighted by molar-refractivity contribution is 5.90. The lowest BCUT2D eigenvalue weighted by atomic mass is 10.2. The van der Waals surface area contributed by atoms with Crippen molar-refractivity contribution in [1.82, 2.24) is 5.32 Å². The first-order chi connectivity index (χ1) is 8.08. The van der Waals surface area contributed by atoms with E-state index >= 15 is 0 Å². The van der Waals surface area contributed by atoms with E-state index in [0.29, 0.717) is 23.9 Å². The maximum absolute atomic E-state index is 11.4. The van der Waals surface area contributed by atoms with Gasteiger partial charge in [0, 0.05) is 6.04 Å². The average Bonchev–Trinajstić information content (AvgIpc) is 2.67. The zero-order valence-electron chi connectivity index (χ0n) is 11.0. The second-order valence-electron chi connectivity index (χ2n) is 4.24. The Morgan fingerprint density at radius 3 is 2.88 bits per heavy atom. The van der Waals surface area contributed by atoms with Crippen molar-refractivity contribution in [2.75, 3.05) is 7.11 Å². The monoisotopic (exact) mass is 239 g/mol. The van der Waals surface area contributed by atoms with Crippen LogP contribution in [0.25, 0.3) is 0 Å². The summed E-state index contributed by atoms with van der Waals surface area (Å²) in [6.07, 6.45) is 2.28. The molecule has 0 aliphatic rings. The fourth-order valence-electron chi connectivity index (χ4n) is 1.75. The van der Waals surface area contributed by atoms with Crippen LogP contribution in [0.4, 0.5) is 0 Å². The number of nitrogens with one attached hydrogen (secondary N) is 1. The van der Waals surface area contributed by atoms with Gasteiger partial charge in [-0.15, -0.1) is 0 Å². The van der Waals surface area contributed by atoms with Crippen LogP contribution in [0.1, 0.15) is 48.6 Å². The van der Waals surface area contributed by atoms with Gasteiger partial charge >= 0.3 is 5.97 Å². The molecule has 4 nitrogen and oxygen atoms in total. The van der Waals surface area contributed by atoms with Gasteiger partial charge in [-0.3, -0.25) is 0 Å². The summed E-state index contributed by atoms with van der Waals surface area (Å²) in [7, 11) is 1.37. The third kappa shape index (κ3) is 3.89. The number of hydrogen-bond donors (Lipinski definition) is 1. The molecule has 0 bridgehead atoms. The number of rotatable bonds is 6. The fraction of sp³-hybridized carbons (Fsp3) is 0.615. The molecule has 0 fully saturated rings. The minimum absolute atomic E-state index is 0.348. The van der Waals surface area contributed by atoms with Gasteiger partial charge in [-0.05, 0) is 26.3 Å². The Morgan fingerprint density at radius 1 is 1.59 bits per heavy atom. The third-order valence-corrected chi connectivity index (χ3v) is 2.72. The van der Waals surface area contributed by atoms with E-state index in [0.717, 1.165) is 18.6 Å². The van der Waals surface area contributed by atoms with Gasteiger partial charge in [-0.2, -0.15) is 0 Å². The highest BCUT2D eigenvalue weighted by Crippen LogP contribution is 2.15. The molecule has 0 spiro atoms. The van der Waals surface area contributed by atoms with Crippen LogP contribution in [0.3, 0.4) is 0 Å². The molecule has 0 saturated carbocycles. The molecule has 1 atom stereocenters. The predicted molar refractivity (Wildman–Crippen MR) is 66.0 cm³/mol. The summed E-state index contributed by atoms with van der Waals surface area (Å²) in [5, 5.41) is 3.35. The van der Waals surface area contributed by atoms with Gasteiger partial charge in [0.2, 0.25) is 0 Å². The minimum Gasteiger partial charge on any atom is -0.465 e. The standard InChI is InChI=1S/C13H21NO3/c1-5-6-9(2)14-8-11-7-12(10(3)17-11)13(15)16-4/h7,9,14H,5-6,8H2,1-4H3. The number of esters is 1. The number of hydrogen-bond acceptors (Lipinski definition) is 4. The first kappa shape index (κ1) is 13.8. The minimum atomic E-state index is -0.348. The summed E-state index contributed by atoms with van der Waals surface area (Å²) in [6, 6.07) is 2.19. The number of furan rings is 1. The Bertz CT molecular complexity index is 371. The number of aryl methyl sites for hydroxylation is 1. The van der Waals surface area contributed by atoms with Crippen LogP contribution in [0.5, 0.6) is 0 Å². The van der Waals surface area contributed by atoms with Gasteiger partial charge in [0.15, 0.2) is 0 Å². The molecule has 0 saturated heterocycles. The summed E-state index contributed by atoms with van der Waals surface area (Å²) in [5.74, 6) is 1.03. The molecular weight excluding hydrogens is 218 g/mol. The highest BCUT2D eigenvalue weighted by atomic mass is 16.5. The molecule has 0 aromatic carbocycles. The molecule has 0 amide bonds. The van der Waals surface area contributed by atoms with Crippen molar-refractivity contribution in [2.45, 2.75) is 46.2 Å². The van der Waals surface area contributed by atoms with Crippen LogP contribution in [-0.4, -0.2) is 19.1 Å². The van der Waals surface area contributed by atoms with E-state index in [1.54, 1.807) is 13.0 Å². The quantitative estimate of drug-likeness (QED) is 0.775. The Kier molecular flexibility index (Phi) is 5.22. The SMILES string of the molecule is CCCC(C)NCc1cc(C(=O)OC)c(C)o1. The topological polar surface area (TPSA) is 51.5 Å². The van der Waals surface area contributed by atoms with Crippen LogP contribution in [0.15, 0.2) is 10.5 Å². The normalized spacial score (nSPS) is 12.5. The molecule has 96 valence electrons. The largest absolute Gasteiger partial charge is 0.465 e. The van der Waals surface area contributed by atoms with E-state index in [-0.39, 0.29) is 5.97 Å². The molecule has 1 N–H and O–H groups in total. The van der Waals surface area contributed by atoms with E-state index in [4.69, 9.17) is 4.42 Å². The van der Waals surface area contributed by atoms with E-state index in [2.05, 4.69) is 23.9 Å².